The van der Waals surface area contributed by atoms with Gasteiger partial charge in [-0.25, -0.2) is 14.5 Å². The molecule has 4 aromatic rings. The van der Waals surface area contributed by atoms with E-state index in [1.54, 1.807) is 23.1 Å². The van der Waals surface area contributed by atoms with Gasteiger partial charge < -0.3 is 15.4 Å². The van der Waals surface area contributed by atoms with Crippen molar-refractivity contribution in [1.29, 1.82) is 0 Å². The maximum Gasteiger partial charge on any atom is 0.332 e. The lowest BCUT2D eigenvalue weighted by Crippen LogP contribution is -2.44. The average molecular weight is 565 g/mol. The van der Waals surface area contributed by atoms with Gasteiger partial charge in [0.2, 0.25) is 0 Å². The van der Waals surface area contributed by atoms with Crippen molar-refractivity contribution in [2.45, 2.75) is 51.7 Å². The molecular formula is C33H32N4O5. The number of aryl methyl sites for hydroxylation is 1. The van der Waals surface area contributed by atoms with Crippen LogP contribution in [0.25, 0.3) is 10.9 Å². The van der Waals surface area contributed by atoms with Crippen LogP contribution in [0.5, 0.6) is 0 Å². The molecule has 42 heavy (non-hydrogen) atoms. The monoisotopic (exact) mass is 564 g/mol. The predicted molar refractivity (Wildman–Crippen MR) is 158 cm³/mol. The maximum atomic E-state index is 14.3. The second-order valence-corrected chi connectivity index (χ2v) is 11.5. The van der Waals surface area contributed by atoms with Crippen LogP contribution in [0.3, 0.4) is 0 Å². The Morgan fingerprint density at radius 3 is 2.40 bits per heavy atom. The number of nitrogens with zero attached hydrogens (tertiary/aromatic N) is 2. The number of carboxylic acid groups (broad SMARTS) is 1. The van der Waals surface area contributed by atoms with Gasteiger partial charge in [0, 0.05) is 23.0 Å². The summed E-state index contributed by atoms with van der Waals surface area (Å²) >= 11 is 0. The smallest absolute Gasteiger partial charge is 0.332 e. The number of imide groups is 1. The van der Waals surface area contributed by atoms with Crippen molar-refractivity contribution < 1.29 is 24.3 Å². The normalized spacial score (nSPS) is 18.8. The quantitative estimate of drug-likeness (QED) is 0.267. The number of H-pyrrole nitrogens is 1. The number of benzene rings is 3. The van der Waals surface area contributed by atoms with E-state index in [2.05, 4.69) is 10.3 Å². The molecule has 3 heterocycles. The number of amides is 4. The van der Waals surface area contributed by atoms with Gasteiger partial charge in [0.05, 0.1) is 11.3 Å². The number of aliphatic carboxylic acids is 1. The van der Waals surface area contributed by atoms with Crippen molar-refractivity contribution in [2.75, 3.05) is 4.90 Å². The first-order valence-electron chi connectivity index (χ1n) is 14.1. The highest BCUT2D eigenvalue weighted by atomic mass is 16.4. The lowest BCUT2D eigenvalue weighted by molar-refractivity contribution is -0.139. The summed E-state index contributed by atoms with van der Waals surface area (Å²) in [7, 11) is 0. The van der Waals surface area contributed by atoms with Gasteiger partial charge >= 0.3 is 12.0 Å². The fourth-order valence-electron chi connectivity index (χ4n) is 6.18. The largest absolute Gasteiger partial charge is 0.480 e. The SMILES string of the molecule is Cc1ccc([C@H]2c3[nH]c4ccccc4c3C[C@H]3C(=O)N(c4ccccc4C(=O)N[C@@H](CC(C)C)C(=O)O)C(=O)N23)cc1. The van der Waals surface area contributed by atoms with Crippen molar-refractivity contribution in [3.05, 3.63) is 101 Å². The summed E-state index contributed by atoms with van der Waals surface area (Å²) in [4.78, 5) is 59.8. The molecule has 9 heteroatoms. The number of carbonyl (C=O) groups is 4. The van der Waals surface area contributed by atoms with E-state index in [4.69, 9.17) is 0 Å². The van der Waals surface area contributed by atoms with E-state index in [1.807, 2.05) is 69.3 Å². The summed E-state index contributed by atoms with van der Waals surface area (Å²) in [6, 6.07) is 19.2. The number of nitrogens with one attached hydrogen (secondary N) is 2. The average Bonchev–Trinajstić information content (AvgIpc) is 3.46. The molecule has 0 bridgehead atoms. The highest BCUT2D eigenvalue weighted by Gasteiger charge is 2.53. The number of anilines is 1. The molecule has 2 aliphatic heterocycles. The van der Waals surface area contributed by atoms with E-state index >= 15 is 0 Å². The molecule has 3 atom stereocenters. The molecule has 4 amide bonds. The van der Waals surface area contributed by atoms with E-state index in [1.165, 1.54) is 6.07 Å². The lowest BCUT2D eigenvalue weighted by Gasteiger charge is -2.36. The number of rotatable bonds is 7. The number of aromatic amines is 1. The van der Waals surface area contributed by atoms with Crippen LogP contribution < -0.4 is 10.2 Å². The molecule has 3 N–H and O–H groups in total. The Labute approximate surface area is 243 Å². The van der Waals surface area contributed by atoms with E-state index in [-0.39, 0.29) is 23.6 Å². The summed E-state index contributed by atoms with van der Waals surface area (Å²) in [6.07, 6.45) is 0.567. The molecule has 1 aromatic heterocycles. The molecule has 0 spiro atoms. The first kappa shape index (κ1) is 27.3. The van der Waals surface area contributed by atoms with E-state index in [9.17, 15) is 24.3 Å². The van der Waals surface area contributed by atoms with E-state index in [0.29, 0.717) is 6.42 Å². The second-order valence-electron chi connectivity index (χ2n) is 11.5. The molecule has 9 nitrogen and oxygen atoms in total. The predicted octanol–water partition coefficient (Wildman–Crippen LogP) is 5.19. The van der Waals surface area contributed by atoms with Gasteiger partial charge in [0.1, 0.15) is 18.1 Å². The number of urea groups is 1. The van der Waals surface area contributed by atoms with Crippen LogP contribution in [0.4, 0.5) is 10.5 Å². The molecule has 214 valence electrons. The van der Waals surface area contributed by atoms with Gasteiger partial charge in [0.25, 0.3) is 11.8 Å². The highest BCUT2D eigenvalue weighted by molar-refractivity contribution is 6.24. The summed E-state index contributed by atoms with van der Waals surface area (Å²) in [5.41, 5.74) is 4.92. The van der Waals surface area contributed by atoms with Crippen molar-refractivity contribution in [3.63, 3.8) is 0 Å². The van der Waals surface area contributed by atoms with Gasteiger partial charge in [0.15, 0.2) is 0 Å². The van der Waals surface area contributed by atoms with Crippen LogP contribution in [0, 0.1) is 12.8 Å². The summed E-state index contributed by atoms with van der Waals surface area (Å²) in [5, 5.41) is 13.3. The Morgan fingerprint density at radius 2 is 1.69 bits per heavy atom. The third-order valence-electron chi connectivity index (χ3n) is 8.14. The van der Waals surface area contributed by atoms with E-state index in [0.717, 1.165) is 38.2 Å². The zero-order valence-electron chi connectivity index (χ0n) is 23.6. The highest BCUT2D eigenvalue weighted by Crippen LogP contribution is 2.45. The van der Waals surface area contributed by atoms with Gasteiger partial charge in [-0.05, 0) is 48.6 Å². The minimum atomic E-state index is -1.14. The van der Waals surface area contributed by atoms with Gasteiger partial charge in [-0.15, -0.1) is 0 Å². The summed E-state index contributed by atoms with van der Waals surface area (Å²) in [6.45, 7) is 5.74. The molecular weight excluding hydrogens is 532 g/mol. The van der Waals surface area contributed by atoms with Crippen molar-refractivity contribution in [3.8, 4) is 0 Å². The van der Waals surface area contributed by atoms with E-state index < -0.39 is 41.9 Å². The number of carboxylic acids is 1. The molecule has 0 saturated carbocycles. The van der Waals surface area contributed by atoms with Gasteiger partial charge in [-0.3, -0.25) is 14.5 Å². The second kappa shape index (κ2) is 10.5. The van der Waals surface area contributed by atoms with Crippen molar-refractivity contribution >= 4 is 40.4 Å². The molecule has 1 fully saturated rings. The standard InChI is InChI=1S/C33H32N4O5/c1-18(2)16-25(32(40)41)35-30(38)22-9-5-7-11-26(22)37-31(39)27-17-23-21-8-4-6-10-24(21)34-28(23)29(36(27)33(37)42)20-14-12-19(3)13-15-20/h4-15,18,25,27,29,34H,16-17H2,1-3H3,(H,35,38)(H,40,41)/t25-,27-,29-/m0/s1. The molecule has 0 unspecified atom stereocenters. The molecule has 3 aromatic carbocycles. The Hall–Kier alpha value is -4.92. The Bertz CT molecular complexity index is 1720. The number of carbonyl (C=O) groups excluding carboxylic acids is 3. The first-order valence-corrected chi connectivity index (χ1v) is 14.1. The van der Waals surface area contributed by atoms with Crippen molar-refractivity contribution in [1.82, 2.24) is 15.2 Å². The molecule has 1 saturated heterocycles. The number of aromatic nitrogens is 1. The molecule has 2 aliphatic rings. The van der Waals surface area contributed by atoms with Crippen LogP contribution in [-0.4, -0.2) is 50.9 Å². The Kier molecular flexibility index (Phi) is 6.80. The number of hydrogen-bond acceptors (Lipinski definition) is 4. The molecule has 6 rings (SSSR count). The van der Waals surface area contributed by atoms with Crippen LogP contribution in [0.2, 0.25) is 0 Å². The summed E-state index contributed by atoms with van der Waals surface area (Å²) < 4.78 is 0. The van der Waals surface area contributed by atoms with Gasteiger partial charge in [-0.1, -0.05) is 74.0 Å². The lowest BCUT2D eigenvalue weighted by atomic mass is 9.88. The number of hydrogen-bond donors (Lipinski definition) is 3. The molecule has 0 aliphatic carbocycles. The minimum absolute atomic E-state index is 0.0335. The fourth-order valence-corrected chi connectivity index (χ4v) is 6.18. The fraction of sp³-hybridized carbons (Fsp3) is 0.273. The van der Waals surface area contributed by atoms with Crippen LogP contribution >= 0.6 is 0 Å². The number of fused-ring (bicyclic) bond motifs is 4. The van der Waals surface area contributed by atoms with Crippen LogP contribution in [0.1, 0.15) is 59.1 Å². The third-order valence-corrected chi connectivity index (χ3v) is 8.14. The van der Waals surface area contributed by atoms with Crippen LogP contribution in [0.15, 0.2) is 72.8 Å². The number of para-hydroxylation sites is 2. The minimum Gasteiger partial charge on any atom is -0.480 e. The first-order chi connectivity index (χ1) is 20.2. The molecule has 0 radical (unpaired) electrons. The third kappa shape index (κ3) is 4.51. The van der Waals surface area contributed by atoms with Gasteiger partial charge in [-0.2, -0.15) is 0 Å². The topological polar surface area (TPSA) is 123 Å². The Balaban J connectivity index is 1.42. The Morgan fingerprint density at radius 1 is 1.00 bits per heavy atom. The van der Waals surface area contributed by atoms with Crippen LogP contribution in [-0.2, 0) is 16.0 Å². The summed E-state index contributed by atoms with van der Waals surface area (Å²) in [5.74, 6) is -2.19. The maximum absolute atomic E-state index is 14.3. The zero-order chi connectivity index (χ0) is 29.7. The van der Waals surface area contributed by atoms with Crippen molar-refractivity contribution in [2.24, 2.45) is 5.92 Å². The zero-order valence-corrected chi connectivity index (χ0v) is 23.6.